The van der Waals surface area contributed by atoms with E-state index in [1.807, 2.05) is 30.3 Å². The van der Waals surface area contributed by atoms with Gasteiger partial charge in [0.25, 0.3) is 6.43 Å². The molecule has 20 heavy (non-hydrogen) atoms. The van der Waals surface area contributed by atoms with Gasteiger partial charge in [-0.15, -0.1) is 0 Å². The van der Waals surface area contributed by atoms with Gasteiger partial charge in [-0.2, -0.15) is 0 Å². The van der Waals surface area contributed by atoms with Crippen molar-refractivity contribution in [2.75, 3.05) is 0 Å². The molecule has 0 saturated heterocycles. The average molecular weight is 274 g/mol. The third-order valence-electron chi connectivity index (χ3n) is 3.04. The molecule has 3 rings (SSSR count). The number of nitrogens with zero attached hydrogens (tertiary/aromatic N) is 1. The van der Waals surface area contributed by atoms with Crippen LogP contribution < -0.4 is 4.74 Å². The van der Waals surface area contributed by atoms with Crippen molar-refractivity contribution in [1.29, 1.82) is 0 Å². The number of hydrogen-bond acceptors (Lipinski definition) is 2. The van der Waals surface area contributed by atoms with Crippen LogP contribution in [0.25, 0.3) is 10.9 Å². The van der Waals surface area contributed by atoms with Crippen LogP contribution >= 0.6 is 0 Å². The topological polar surface area (TPSA) is 37.9 Å². The van der Waals surface area contributed by atoms with E-state index in [1.165, 1.54) is 18.5 Å². The molecule has 0 aliphatic rings. The first kappa shape index (κ1) is 12.6. The molecule has 0 radical (unpaired) electrons. The summed E-state index contributed by atoms with van der Waals surface area (Å²) in [5.41, 5.74) is 1.54. The highest BCUT2D eigenvalue weighted by Gasteiger charge is 2.14. The van der Waals surface area contributed by atoms with E-state index >= 15 is 0 Å². The molecule has 0 fully saturated rings. The predicted octanol–water partition coefficient (Wildman–Crippen LogP) is 4.08. The van der Waals surface area contributed by atoms with Crippen molar-refractivity contribution in [2.24, 2.45) is 0 Å². The van der Waals surface area contributed by atoms with Crippen molar-refractivity contribution in [2.45, 2.75) is 13.0 Å². The highest BCUT2D eigenvalue weighted by Crippen LogP contribution is 2.29. The highest BCUT2D eigenvalue weighted by molar-refractivity contribution is 5.83. The van der Waals surface area contributed by atoms with E-state index in [1.54, 1.807) is 0 Å². The molecular formula is C15H12F2N2O. The molecule has 102 valence electrons. The SMILES string of the molecule is FC(F)c1c[nH]c2cnc(OCc3ccccc3)cc12. The lowest BCUT2D eigenvalue weighted by Gasteiger charge is -2.05. The van der Waals surface area contributed by atoms with Crippen LogP contribution in [-0.4, -0.2) is 9.97 Å². The van der Waals surface area contributed by atoms with E-state index in [2.05, 4.69) is 9.97 Å². The van der Waals surface area contributed by atoms with Crippen molar-refractivity contribution >= 4 is 10.9 Å². The number of hydrogen-bond donors (Lipinski definition) is 1. The normalized spacial score (nSPS) is 11.2. The number of aromatic nitrogens is 2. The Bertz CT molecular complexity index is 710. The maximum Gasteiger partial charge on any atom is 0.265 e. The van der Waals surface area contributed by atoms with Gasteiger partial charge >= 0.3 is 0 Å². The fourth-order valence-corrected chi connectivity index (χ4v) is 2.01. The zero-order valence-corrected chi connectivity index (χ0v) is 10.5. The van der Waals surface area contributed by atoms with Crippen molar-refractivity contribution in [3.8, 4) is 5.88 Å². The minimum Gasteiger partial charge on any atom is -0.473 e. The molecule has 0 atom stereocenters. The number of benzene rings is 1. The lowest BCUT2D eigenvalue weighted by molar-refractivity contribution is 0.153. The summed E-state index contributed by atoms with van der Waals surface area (Å²) in [6.07, 6.45) is 0.285. The van der Waals surface area contributed by atoms with E-state index in [-0.39, 0.29) is 5.56 Å². The maximum absolute atomic E-state index is 12.8. The van der Waals surface area contributed by atoms with Crippen molar-refractivity contribution in [3.05, 3.63) is 59.9 Å². The zero-order chi connectivity index (χ0) is 13.9. The molecule has 5 heteroatoms. The quantitative estimate of drug-likeness (QED) is 0.778. The Kier molecular flexibility index (Phi) is 3.33. The molecule has 0 saturated carbocycles. The molecule has 3 aromatic rings. The summed E-state index contributed by atoms with van der Waals surface area (Å²) < 4.78 is 31.2. The van der Waals surface area contributed by atoms with E-state index in [9.17, 15) is 8.78 Å². The Hall–Kier alpha value is -2.43. The van der Waals surface area contributed by atoms with E-state index in [0.717, 1.165) is 5.56 Å². The van der Waals surface area contributed by atoms with Crippen LogP contribution in [0.2, 0.25) is 0 Å². The van der Waals surface area contributed by atoms with E-state index < -0.39 is 6.43 Å². The monoisotopic (exact) mass is 274 g/mol. The number of nitrogens with one attached hydrogen (secondary N) is 1. The molecule has 1 aromatic carbocycles. The number of alkyl halides is 2. The minimum atomic E-state index is -2.52. The van der Waals surface area contributed by atoms with Gasteiger partial charge in [0.05, 0.1) is 11.7 Å². The first-order valence-electron chi connectivity index (χ1n) is 6.16. The lowest BCUT2D eigenvalue weighted by atomic mass is 10.2. The van der Waals surface area contributed by atoms with Gasteiger partial charge in [-0.25, -0.2) is 13.8 Å². The van der Waals surface area contributed by atoms with Gasteiger partial charge in [-0.1, -0.05) is 30.3 Å². The van der Waals surface area contributed by atoms with Gasteiger partial charge < -0.3 is 9.72 Å². The predicted molar refractivity (Wildman–Crippen MR) is 71.8 cm³/mol. The van der Waals surface area contributed by atoms with Crippen LogP contribution in [0.3, 0.4) is 0 Å². The molecule has 0 aliphatic heterocycles. The molecule has 3 nitrogen and oxygen atoms in total. The van der Waals surface area contributed by atoms with Gasteiger partial charge in [0.15, 0.2) is 0 Å². The Morgan fingerprint density at radius 2 is 2.00 bits per heavy atom. The van der Waals surface area contributed by atoms with E-state index in [0.29, 0.717) is 23.4 Å². The van der Waals surface area contributed by atoms with Crippen LogP contribution in [0.1, 0.15) is 17.6 Å². The first-order chi connectivity index (χ1) is 9.74. The number of halogens is 2. The Morgan fingerprint density at radius 1 is 1.20 bits per heavy atom. The van der Waals surface area contributed by atoms with Crippen molar-refractivity contribution in [3.63, 3.8) is 0 Å². The number of H-pyrrole nitrogens is 1. The third kappa shape index (κ3) is 2.47. The maximum atomic E-state index is 12.8. The minimum absolute atomic E-state index is 0.0352. The Balaban J connectivity index is 1.83. The molecule has 0 aliphatic carbocycles. The van der Waals surface area contributed by atoms with Crippen LogP contribution in [0.15, 0.2) is 48.8 Å². The van der Waals surface area contributed by atoms with Gasteiger partial charge in [-0.05, 0) is 5.56 Å². The van der Waals surface area contributed by atoms with E-state index in [4.69, 9.17) is 4.74 Å². The Morgan fingerprint density at radius 3 is 2.75 bits per heavy atom. The van der Waals surface area contributed by atoms with Crippen molar-refractivity contribution in [1.82, 2.24) is 9.97 Å². The number of rotatable bonds is 4. The summed E-state index contributed by atoms with van der Waals surface area (Å²) in [5, 5.41) is 0.443. The highest BCUT2D eigenvalue weighted by atomic mass is 19.3. The van der Waals surface area contributed by atoms with Crippen LogP contribution in [0.4, 0.5) is 8.78 Å². The van der Waals surface area contributed by atoms with Crippen LogP contribution in [0.5, 0.6) is 5.88 Å². The molecule has 2 heterocycles. The number of ether oxygens (including phenoxy) is 1. The van der Waals surface area contributed by atoms with Gasteiger partial charge in [-0.3, -0.25) is 0 Å². The second kappa shape index (κ2) is 5.28. The smallest absolute Gasteiger partial charge is 0.265 e. The average Bonchev–Trinajstić information content (AvgIpc) is 2.89. The molecule has 1 N–H and O–H groups in total. The fraction of sp³-hybridized carbons (Fsp3) is 0.133. The second-order valence-corrected chi connectivity index (χ2v) is 4.39. The standard InChI is InChI=1S/C15H12F2N2O/c16-15(17)12-7-18-13-8-19-14(6-11(12)13)20-9-10-4-2-1-3-5-10/h1-8,15,18H,9H2. The van der Waals surface area contributed by atoms with Crippen LogP contribution in [0, 0.1) is 0 Å². The van der Waals surface area contributed by atoms with Gasteiger partial charge in [0, 0.05) is 23.2 Å². The largest absolute Gasteiger partial charge is 0.473 e. The lowest BCUT2D eigenvalue weighted by Crippen LogP contribution is -1.96. The summed E-state index contributed by atoms with van der Waals surface area (Å²) >= 11 is 0. The third-order valence-corrected chi connectivity index (χ3v) is 3.04. The molecule has 2 aromatic heterocycles. The van der Waals surface area contributed by atoms with Crippen molar-refractivity contribution < 1.29 is 13.5 Å². The number of aromatic amines is 1. The summed E-state index contributed by atoms with van der Waals surface area (Å²) in [5.74, 6) is 0.336. The first-order valence-corrected chi connectivity index (χ1v) is 6.16. The van der Waals surface area contributed by atoms with Crippen LogP contribution in [-0.2, 0) is 6.61 Å². The van der Waals surface area contributed by atoms with Gasteiger partial charge in [0.2, 0.25) is 5.88 Å². The molecule has 0 amide bonds. The molecule has 0 bridgehead atoms. The fourth-order valence-electron chi connectivity index (χ4n) is 2.01. The Labute approximate surface area is 114 Å². The summed E-state index contributed by atoms with van der Waals surface area (Å²) in [7, 11) is 0. The molecular weight excluding hydrogens is 262 g/mol. The zero-order valence-electron chi connectivity index (χ0n) is 10.5. The summed E-state index contributed by atoms with van der Waals surface area (Å²) in [6, 6.07) is 11.1. The molecule has 0 unspecified atom stereocenters. The number of pyridine rings is 1. The number of fused-ring (bicyclic) bond motifs is 1. The summed E-state index contributed by atoms with van der Waals surface area (Å²) in [6.45, 7) is 0.355. The second-order valence-electron chi connectivity index (χ2n) is 4.39. The molecule has 0 spiro atoms. The van der Waals surface area contributed by atoms with Gasteiger partial charge in [0.1, 0.15) is 6.61 Å². The summed E-state index contributed by atoms with van der Waals surface area (Å²) in [4.78, 5) is 6.87.